The molecule has 1 N–H and O–H groups in total. The van der Waals surface area contributed by atoms with E-state index in [0.717, 1.165) is 19.3 Å². The molecule has 1 amide bonds. The van der Waals surface area contributed by atoms with Gasteiger partial charge in [-0.1, -0.05) is 0 Å². The number of amides is 1. The van der Waals surface area contributed by atoms with E-state index in [1.807, 2.05) is 20.8 Å². The Balaban J connectivity index is 1.59. The minimum Gasteiger partial charge on any atom is -0.444 e. The summed E-state index contributed by atoms with van der Waals surface area (Å²) >= 11 is 0. The van der Waals surface area contributed by atoms with Gasteiger partial charge in [-0.15, -0.1) is 0 Å². The van der Waals surface area contributed by atoms with Crippen molar-refractivity contribution >= 4 is 6.09 Å². The number of hydrogen-bond acceptors (Lipinski definition) is 4. The Labute approximate surface area is 141 Å². The Morgan fingerprint density at radius 2 is 2.21 bits per heavy atom. The molecule has 2 fully saturated rings. The highest BCUT2D eigenvalue weighted by Gasteiger charge is 2.40. The van der Waals surface area contributed by atoms with E-state index < -0.39 is 11.7 Å². The number of carbonyl (C=O) groups excluding carboxylic acids is 1. The quantitative estimate of drug-likeness (QED) is 0.913. The molecule has 3 unspecified atom stereocenters. The summed E-state index contributed by atoms with van der Waals surface area (Å²) in [5, 5.41) is 3.12. The molecule has 3 atom stereocenters. The van der Waals surface area contributed by atoms with Crippen molar-refractivity contribution in [2.75, 3.05) is 7.05 Å². The van der Waals surface area contributed by atoms with Gasteiger partial charge in [-0.2, -0.15) is 0 Å². The minimum atomic E-state index is -0.535. The lowest BCUT2D eigenvalue weighted by molar-refractivity contribution is 0.0282. The van der Waals surface area contributed by atoms with Crippen LogP contribution in [0.25, 0.3) is 0 Å². The van der Waals surface area contributed by atoms with Crippen molar-refractivity contribution in [3.05, 3.63) is 22.1 Å². The fourth-order valence-electron chi connectivity index (χ4n) is 3.53. The molecule has 134 valence electrons. The van der Waals surface area contributed by atoms with E-state index in [9.17, 15) is 9.59 Å². The number of aromatic amines is 1. The first-order valence-corrected chi connectivity index (χ1v) is 8.59. The number of H-pyrrole nitrogens is 1. The minimum absolute atomic E-state index is 0.0645. The maximum atomic E-state index is 12.2. The van der Waals surface area contributed by atoms with E-state index in [4.69, 9.17) is 9.47 Å². The highest BCUT2D eigenvalue weighted by atomic mass is 16.6. The number of ether oxygens (including phenoxy) is 2. The van der Waals surface area contributed by atoms with Gasteiger partial charge in [-0.05, 0) is 40.0 Å². The summed E-state index contributed by atoms with van der Waals surface area (Å²) in [6.45, 7) is 6.44. The summed E-state index contributed by atoms with van der Waals surface area (Å²) < 4.78 is 12.8. The summed E-state index contributed by atoms with van der Waals surface area (Å²) in [6, 6.07) is 1.55. The van der Waals surface area contributed by atoms with Crippen LogP contribution in [0.1, 0.15) is 45.7 Å². The third-order valence-electron chi connectivity index (χ3n) is 4.60. The van der Waals surface area contributed by atoms with Gasteiger partial charge in [-0.3, -0.25) is 14.6 Å². The summed E-state index contributed by atoms with van der Waals surface area (Å²) in [5.74, 6) is 0.400. The number of aromatic nitrogens is 2. The monoisotopic (exact) mass is 337 g/mol. The molecular formula is C17H27N3O4. The first kappa shape index (κ1) is 17.1. The SMILES string of the molecule is CN(Cc1cc(=O)n(CC2CC3CCC2O3)[nH]1)C(=O)OC(C)(C)C. The van der Waals surface area contributed by atoms with E-state index in [0.29, 0.717) is 30.8 Å². The van der Waals surface area contributed by atoms with Crippen molar-refractivity contribution in [1.29, 1.82) is 0 Å². The van der Waals surface area contributed by atoms with E-state index >= 15 is 0 Å². The fourth-order valence-corrected chi connectivity index (χ4v) is 3.53. The van der Waals surface area contributed by atoms with Crippen LogP contribution in [-0.2, 0) is 22.6 Å². The maximum Gasteiger partial charge on any atom is 0.410 e. The van der Waals surface area contributed by atoms with Crippen LogP contribution < -0.4 is 5.56 Å². The Morgan fingerprint density at radius 3 is 2.79 bits per heavy atom. The second-order valence-corrected chi connectivity index (χ2v) is 7.94. The summed E-state index contributed by atoms with van der Waals surface area (Å²) in [4.78, 5) is 25.6. The topological polar surface area (TPSA) is 76.6 Å². The molecule has 2 saturated heterocycles. The molecule has 0 aliphatic carbocycles. The number of nitrogens with one attached hydrogen (secondary N) is 1. The lowest BCUT2D eigenvalue weighted by Gasteiger charge is -2.24. The average Bonchev–Trinajstić information content (AvgIpc) is 3.14. The number of carbonyl (C=O) groups is 1. The predicted molar refractivity (Wildman–Crippen MR) is 88.8 cm³/mol. The fraction of sp³-hybridized carbons (Fsp3) is 0.765. The summed E-state index contributed by atoms with van der Waals surface area (Å²) in [5.41, 5.74) is 0.106. The molecule has 24 heavy (non-hydrogen) atoms. The molecule has 7 heteroatoms. The van der Waals surface area contributed by atoms with Crippen LogP contribution in [0.15, 0.2) is 10.9 Å². The van der Waals surface area contributed by atoms with Gasteiger partial charge < -0.3 is 14.4 Å². The molecule has 0 aromatic carbocycles. The molecule has 3 heterocycles. The van der Waals surface area contributed by atoms with E-state index in [1.54, 1.807) is 17.8 Å². The van der Waals surface area contributed by atoms with Crippen molar-refractivity contribution in [1.82, 2.24) is 14.7 Å². The van der Waals surface area contributed by atoms with Crippen molar-refractivity contribution in [2.24, 2.45) is 5.92 Å². The van der Waals surface area contributed by atoms with E-state index in [-0.39, 0.29) is 11.7 Å². The standard InChI is InChI=1S/C17H27N3O4/c1-17(2,3)24-16(22)19(4)10-12-8-15(21)20(18-12)9-11-7-13-5-6-14(11)23-13/h8,11,13-14,18H,5-7,9-10H2,1-4H3. The zero-order chi connectivity index (χ0) is 17.5. The maximum absolute atomic E-state index is 12.2. The van der Waals surface area contributed by atoms with Gasteiger partial charge in [0.25, 0.3) is 5.56 Å². The summed E-state index contributed by atoms with van der Waals surface area (Å²) in [6.07, 6.45) is 3.54. The van der Waals surface area contributed by atoms with Crippen LogP contribution in [-0.4, -0.2) is 45.6 Å². The van der Waals surface area contributed by atoms with Crippen LogP contribution in [0.2, 0.25) is 0 Å². The normalized spacial score (nSPS) is 25.9. The third-order valence-corrected chi connectivity index (χ3v) is 4.60. The zero-order valence-electron chi connectivity index (χ0n) is 14.9. The van der Waals surface area contributed by atoms with Gasteiger partial charge in [0.05, 0.1) is 24.4 Å². The zero-order valence-corrected chi connectivity index (χ0v) is 14.9. The molecular weight excluding hydrogens is 310 g/mol. The molecule has 0 spiro atoms. The van der Waals surface area contributed by atoms with E-state index in [1.165, 1.54) is 4.90 Å². The molecule has 2 bridgehead atoms. The van der Waals surface area contributed by atoms with Crippen LogP contribution in [0.3, 0.4) is 0 Å². The molecule has 3 rings (SSSR count). The Kier molecular flexibility index (Phi) is 4.46. The molecule has 2 aliphatic heterocycles. The number of fused-ring (bicyclic) bond motifs is 2. The molecule has 0 saturated carbocycles. The molecule has 0 radical (unpaired) electrons. The summed E-state index contributed by atoms with van der Waals surface area (Å²) in [7, 11) is 1.66. The van der Waals surface area contributed by atoms with Crippen LogP contribution in [0.5, 0.6) is 0 Å². The Bertz CT molecular complexity index is 658. The van der Waals surface area contributed by atoms with Crippen LogP contribution >= 0.6 is 0 Å². The number of hydrogen-bond donors (Lipinski definition) is 1. The van der Waals surface area contributed by atoms with E-state index in [2.05, 4.69) is 5.10 Å². The van der Waals surface area contributed by atoms with Crippen molar-refractivity contribution < 1.29 is 14.3 Å². The van der Waals surface area contributed by atoms with Crippen LogP contribution in [0, 0.1) is 5.92 Å². The van der Waals surface area contributed by atoms with Gasteiger partial charge in [0.15, 0.2) is 0 Å². The van der Waals surface area contributed by atoms with Crippen molar-refractivity contribution in [2.45, 2.75) is 70.9 Å². The number of rotatable bonds is 4. The third kappa shape index (κ3) is 3.83. The van der Waals surface area contributed by atoms with Gasteiger partial charge in [0.1, 0.15) is 5.60 Å². The highest BCUT2D eigenvalue weighted by molar-refractivity contribution is 5.67. The van der Waals surface area contributed by atoms with Gasteiger partial charge >= 0.3 is 6.09 Å². The highest BCUT2D eigenvalue weighted by Crippen LogP contribution is 2.39. The second-order valence-electron chi connectivity index (χ2n) is 7.94. The first-order chi connectivity index (χ1) is 11.2. The largest absolute Gasteiger partial charge is 0.444 e. The molecule has 7 nitrogen and oxygen atoms in total. The van der Waals surface area contributed by atoms with Gasteiger partial charge in [-0.25, -0.2) is 4.79 Å². The first-order valence-electron chi connectivity index (χ1n) is 8.59. The number of nitrogens with zero attached hydrogens (tertiary/aromatic N) is 2. The van der Waals surface area contributed by atoms with Crippen LogP contribution in [0.4, 0.5) is 4.79 Å². The van der Waals surface area contributed by atoms with Crippen molar-refractivity contribution in [3.8, 4) is 0 Å². The van der Waals surface area contributed by atoms with Gasteiger partial charge in [0, 0.05) is 25.6 Å². The Morgan fingerprint density at radius 1 is 1.46 bits per heavy atom. The average molecular weight is 337 g/mol. The molecule has 2 aliphatic rings. The molecule has 1 aromatic rings. The lowest BCUT2D eigenvalue weighted by Crippen LogP contribution is -2.34. The Hall–Kier alpha value is -1.76. The second kappa shape index (κ2) is 6.27. The lowest BCUT2D eigenvalue weighted by atomic mass is 9.89. The predicted octanol–water partition coefficient (Wildman–Crippen LogP) is 2.11. The van der Waals surface area contributed by atoms with Crippen molar-refractivity contribution in [3.63, 3.8) is 0 Å². The van der Waals surface area contributed by atoms with Gasteiger partial charge in [0.2, 0.25) is 0 Å². The molecule has 1 aromatic heterocycles. The smallest absolute Gasteiger partial charge is 0.410 e.